The van der Waals surface area contributed by atoms with Crippen molar-refractivity contribution in [1.29, 1.82) is 0 Å². The van der Waals surface area contributed by atoms with E-state index in [0.717, 1.165) is 0 Å². The molecule has 0 aromatic rings. The van der Waals surface area contributed by atoms with Gasteiger partial charge < -0.3 is 10.0 Å². The molecule has 0 aromatic carbocycles. The molecule has 0 aliphatic heterocycles. The van der Waals surface area contributed by atoms with E-state index in [1.165, 1.54) is 0 Å². The second-order valence-corrected chi connectivity index (χ2v) is 2.97. The normalized spacial score (nSPS) is 12.3. The van der Waals surface area contributed by atoms with Crippen LogP contribution in [0.5, 0.6) is 0 Å². The molecule has 12 heavy (non-hydrogen) atoms. The molecule has 0 aromatic heterocycles. The van der Waals surface area contributed by atoms with Crippen molar-refractivity contribution in [3.63, 3.8) is 0 Å². The number of rotatable bonds is 4. The van der Waals surface area contributed by atoms with Crippen LogP contribution in [0.4, 0.5) is 0 Å². The van der Waals surface area contributed by atoms with E-state index in [0.29, 0.717) is 18.7 Å². The van der Waals surface area contributed by atoms with Crippen LogP contribution in [0, 0.1) is 0 Å². The van der Waals surface area contributed by atoms with Gasteiger partial charge in [0.1, 0.15) is 0 Å². The molecule has 1 atom stereocenters. The van der Waals surface area contributed by atoms with E-state index < -0.39 is 6.10 Å². The topological polar surface area (TPSA) is 40.5 Å². The van der Waals surface area contributed by atoms with Crippen molar-refractivity contribution in [2.75, 3.05) is 13.1 Å². The van der Waals surface area contributed by atoms with Crippen molar-refractivity contribution < 1.29 is 9.90 Å². The fourth-order valence-corrected chi connectivity index (χ4v) is 0.944. The largest absolute Gasteiger partial charge is 0.392 e. The molecule has 0 rings (SSSR count). The van der Waals surface area contributed by atoms with Gasteiger partial charge in [-0.2, -0.15) is 0 Å². The molecule has 0 aliphatic rings. The third-order valence-electron chi connectivity index (χ3n) is 1.52. The molecule has 70 valence electrons. The summed E-state index contributed by atoms with van der Waals surface area (Å²) in [5, 5.41) is 9.06. The predicted octanol–water partition coefficient (Wildman–Crippen LogP) is 0.792. The molecule has 0 radical (unpaired) electrons. The Morgan fingerprint density at radius 1 is 1.67 bits per heavy atom. The van der Waals surface area contributed by atoms with Crippen LogP contribution in [0.1, 0.15) is 20.8 Å². The quantitative estimate of drug-likeness (QED) is 0.635. The van der Waals surface area contributed by atoms with Crippen LogP contribution < -0.4 is 0 Å². The minimum atomic E-state index is -0.478. The fourth-order valence-electron chi connectivity index (χ4n) is 0.944. The van der Waals surface area contributed by atoms with Crippen LogP contribution in [-0.4, -0.2) is 35.1 Å². The summed E-state index contributed by atoms with van der Waals surface area (Å²) in [6.45, 7) is 9.76. The van der Waals surface area contributed by atoms with Crippen molar-refractivity contribution in [2.24, 2.45) is 0 Å². The van der Waals surface area contributed by atoms with E-state index in [2.05, 4.69) is 6.58 Å². The van der Waals surface area contributed by atoms with Gasteiger partial charge in [0.25, 0.3) is 0 Å². The Morgan fingerprint density at radius 2 is 2.17 bits per heavy atom. The summed E-state index contributed by atoms with van der Waals surface area (Å²) in [4.78, 5) is 12.9. The summed E-state index contributed by atoms with van der Waals surface area (Å²) >= 11 is 0. The molecule has 0 fully saturated rings. The van der Waals surface area contributed by atoms with Gasteiger partial charge >= 0.3 is 0 Å². The highest BCUT2D eigenvalue weighted by Crippen LogP contribution is 1.99. The molecular formula is C9H17NO2. The Hall–Kier alpha value is -0.830. The first-order chi connectivity index (χ1) is 5.49. The summed E-state index contributed by atoms with van der Waals surface area (Å²) < 4.78 is 0. The van der Waals surface area contributed by atoms with E-state index in [1.54, 1.807) is 18.7 Å². The van der Waals surface area contributed by atoms with Gasteiger partial charge in [0, 0.05) is 18.7 Å². The zero-order valence-corrected chi connectivity index (χ0v) is 8.00. The molecule has 1 N–H and O–H groups in total. The van der Waals surface area contributed by atoms with Crippen molar-refractivity contribution in [1.82, 2.24) is 4.90 Å². The number of aliphatic hydroxyl groups is 1. The summed E-state index contributed by atoms with van der Waals surface area (Å²) in [7, 11) is 0. The zero-order chi connectivity index (χ0) is 9.72. The lowest BCUT2D eigenvalue weighted by Gasteiger charge is -2.22. The highest BCUT2D eigenvalue weighted by atomic mass is 16.3. The third kappa shape index (κ3) is 3.53. The van der Waals surface area contributed by atoms with E-state index in [1.807, 2.05) is 6.92 Å². The lowest BCUT2D eigenvalue weighted by Crippen LogP contribution is -2.36. The SMILES string of the molecule is C=C(C)C(=O)N(CC)CC(C)O. The van der Waals surface area contributed by atoms with Gasteiger partial charge in [-0.05, 0) is 20.8 Å². The van der Waals surface area contributed by atoms with Crippen molar-refractivity contribution in [2.45, 2.75) is 26.9 Å². The van der Waals surface area contributed by atoms with Crippen molar-refractivity contribution >= 4 is 5.91 Å². The molecule has 0 spiro atoms. The minimum Gasteiger partial charge on any atom is -0.392 e. The van der Waals surface area contributed by atoms with Crippen LogP contribution in [0.15, 0.2) is 12.2 Å². The Morgan fingerprint density at radius 3 is 2.42 bits per heavy atom. The van der Waals surface area contributed by atoms with Gasteiger partial charge in [0.05, 0.1) is 6.10 Å². The lowest BCUT2D eigenvalue weighted by atomic mass is 10.2. The molecule has 0 bridgehead atoms. The lowest BCUT2D eigenvalue weighted by molar-refractivity contribution is -0.128. The number of hydrogen-bond acceptors (Lipinski definition) is 2. The summed E-state index contributed by atoms with van der Waals surface area (Å²) in [5.41, 5.74) is 0.512. The Labute approximate surface area is 73.7 Å². The van der Waals surface area contributed by atoms with Crippen LogP contribution in [0.3, 0.4) is 0 Å². The Balaban J connectivity index is 4.15. The average Bonchev–Trinajstić information content (AvgIpc) is 1.98. The smallest absolute Gasteiger partial charge is 0.248 e. The summed E-state index contributed by atoms with van der Waals surface area (Å²) in [5.74, 6) is -0.0848. The highest BCUT2D eigenvalue weighted by molar-refractivity contribution is 5.92. The van der Waals surface area contributed by atoms with Crippen LogP contribution >= 0.6 is 0 Å². The maximum atomic E-state index is 11.3. The molecule has 3 heteroatoms. The molecule has 3 nitrogen and oxygen atoms in total. The predicted molar refractivity (Wildman–Crippen MR) is 48.7 cm³/mol. The second kappa shape index (κ2) is 4.93. The molecule has 0 saturated carbocycles. The van der Waals surface area contributed by atoms with Gasteiger partial charge in [-0.1, -0.05) is 6.58 Å². The molecule has 0 saturated heterocycles. The summed E-state index contributed by atoms with van der Waals surface area (Å²) in [6, 6.07) is 0. The van der Waals surface area contributed by atoms with Crippen molar-refractivity contribution in [3.8, 4) is 0 Å². The van der Waals surface area contributed by atoms with Gasteiger partial charge in [-0.25, -0.2) is 0 Å². The van der Waals surface area contributed by atoms with E-state index in [9.17, 15) is 4.79 Å². The van der Waals surface area contributed by atoms with Gasteiger partial charge in [-0.3, -0.25) is 4.79 Å². The Bertz CT molecular complexity index is 175. The molecule has 1 unspecified atom stereocenters. The van der Waals surface area contributed by atoms with Crippen LogP contribution in [0.2, 0.25) is 0 Å². The monoisotopic (exact) mass is 171 g/mol. The number of likely N-dealkylation sites (N-methyl/N-ethyl adjacent to an activating group) is 1. The highest BCUT2D eigenvalue weighted by Gasteiger charge is 2.13. The molecule has 1 amide bonds. The minimum absolute atomic E-state index is 0.0848. The zero-order valence-electron chi connectivity index (χ0n) is 8.00. The number of aliphatic hydroxyl groups excluding tert-OH is 1. The summed E-state index contributed by atoms with van der Waals surface area (Å²) in [6.07, 6.45) is -0.478. The van der Waals surface area contributed by atoms with Crippen LogP contribution in [0.25, 0.3) is 0 Å². The molecular weight excluding hydrogens is 154 g/mol. The number of nitrogens with zero attached hydrogens (tertiary/aromatic N) is 1. The van der Waals surface area contributed by atoms with E-state index >= 15 is 0 Å². The van der Waals surface area contributed by atoms with Gasteiger partial charge in [0.2, 0.25) is 5.91 Å². The first kappa shape index (κ1) is 11.2. The molecule has 0 aliphatic carbocycles. The first-order valence-corrected chi connectivity index (χ1v) is 4.11. The van der Waals surface area contributed by atoms with Gasteiger partial charge in [-0.15, -0.1) is 0 Å². The third-order valence-corrected chi connectivity index (χ3v) is 1.52. The van der Waals surface area contributed by atoms with Crippen molar-refractivity contribution in [3.05, 3.63) is 12.2 Å². The van der Waals surface area contributed by atoms with Gasteiger partial charge in [0.15, 0.2) is 0 Å². The van der Waals surface area contributed by atoms with Crippen LogP contribution in [-0.2, 0) is 4.79 Å². The number of carbonyl (C=O) groups excluding carboxylic acids is 1. The standard InChI is InChI=1S/C9H17NO2/c1-5-10(6-8(4)11)9(12)7(2)3/h8,11H,2,5-6H2,1,3-4H3. The Kier molecular flexibility index (Phi) is 4.59. The maximum absolute atomic E-state index is 11.3. The van der Waals surface area contributed by atoms with E-state index in [-0.39, 0.29) is 5.91 Å². The number of amides is 1. The van der Waals surface area contributed by atoms with E-state index in [4.69, 9.17) is 5.11 Å². The maximum Gasteiger partial charge on any atom is 0.248 e. The first-order valence-electron chi connectivity index (χ1n) is 4.11. The second-order valence-electron chi connectivity index (χ2n) is 2.97. The fraction of sp³-hybridized carbons (Fsp3) is 0.667. The number of hydrogen-bond donors (Lipinski definition) is 1. The number of carbonyl (C=O) groups is 1. The molecule has 0 heterocycles. The average molecular weight is 171 g/mol.